The summed E-state index contributed by atoms with van der Waals surface area (Å²) < 4.78 is 4.49. The molecule has 0 atom stereocenters. The van der Waals surface area contributed by atoms with Crippen molar-refractivity contribution in [3.63, 3.8) is 0 Å². The third-order valence-corrected chi connectivity index (χ3v) is 2.57. The zero-order valence-electron chi connectivity index (χ0n) is 8.17. The zero-order chi connectivity index (χ0) is 10.1. The third-order valence-electron chi connectivity index (χ3n) is 1.50. The van der Waals surface area contributed by atoms with Crippen molar-refractivity contribution in [3.8, 4) is 0 Å². The molecule has 0 amide bonds. The highest BCUT2D eigenvalue weighted by molar-refractivity contribution is 7.99. The average Bonchev–Trinajstić information content (AvgIpc) is 2.10. The molecule has 0 spiro atoms. The van der Waals surface area contributed by atoms with Gasteiger partial charge in [-0.05, 0) is 19.1 Å². The number of thioether (sulfide) groups is 1. The van der Waals surface area contributed by atoms with Gasteiger partial charge in [-0.15, -0.1) is 0 Å². The highest BCUT2D eigenvalue weighted by Crippen LogP contribution is 2.06. The van der Waals surface area contributed by atoms with E-state index in [0.717, 1.165) is 17.9 Å². The maximum Gasteiger partial charge on any atom is 0.306 e. The van der Waals surface area contributed by atoms with Gasteiger partial charge in [-0.25, -0.2) is 0 Å². The Hall–Kier alpha value is -0.510. The van der Waals surface area contributed by atoms with Crippen molar-refractivity contribution in [2.24, 2.45) is 0 Å². The summed E-state index contributed by atoms with van der Waals surface area (Å²) in [4.78, 5) is 21.2. The van der Waals surface area contributed by atoms with Crippen LogP contribution in [0.1, 0.15) is 26.2 Å². The minimum Gasteiger partial charge on any atom is -0.469 e. The van der Waals surface area contributed by atoms with Gasteiger partial charge in [0.05, 0.1) is 13.5 Å². The molecular weight excluding hydrogens is 188 g/mol. The molecule has 0 radical (unpaired) electrons. The molecule has 0 unspecified atom stereocenters. The number of rotatable bonds is 7. The SMILES string of the molecule is COC(=O)CCSCCCC(C)=O. The van der Waals surface area contributed by atoms with Crippen LogP contribution in [-0.2, 0) is 14.3 Å². The Morgan fingerprint density at radius 2 is 1.92 bits per heavy atom. The first-order chi connectivity index (χ1) is 6.16. The van der Waals surface area contributed by atoms with E-state index in [1.165, 1.54) is 7.11 Å². The van der Waals surface area contributed by atoms with E-state index in [4.69, 9.17) is 0 Å². The van der Waals surface area contributed by atoms with Gasteiger partial charge in [0.2, 0.25) is 0 Å². The standard InChI is InChI=1S/C9H16O3S/c1-8(10)4-3-6-13-7-5-9(11)12-2/h3-7H2,1-2H3. The number of carbonyl (C=O) groups is 2. The molecule has 0 aromatic rings. The summed E-state index contributed by atoms with van der Waals surface area (Å²) in [5.41, 5.74) is 0. The largest absolute Gasteiger partial charge is 0.469 e. The molecule has 0 heterocycles. The van der Waals surface area contributed by atoms with E-state index >= 15 is 0 Å². The van der Waals surface area contributed by atoms with Crippen LogP contribution in [0.25, 0.3) is 0 Å². The molecule has 3 nitrogen and oxygen atoms in total. The van der Waals surface area contributed by atoms with Gasteiger partial charge < -0.3 is 9.53 Å². The molecule has 0 aromatic heterocycles. The monoisotopic (exact) mass is 204 g/mol. The number of hydrogen-bond donors (Lipinski definition) is 0. The molecular formula is C9H16O3S. The zero-order valence-corrected chi connectivity index (χ0v) is 8.99. The number of esters is 1. The molecule has 76 valence electrons. The van der Waals surface area contributed by atoms with Crippen LogP contribution in [0, 0.1) is 0 Å². The fourth-order valence-corrected chi connectivity index (χ4v) is 1.65. The van der Waals surface area contributed by atoms with Gasteiger partial charge in [0.25, 0.3) is 0 Å². The quantitative estimate of drug-likeness (QED) is 0.467. The Bertz CT molecular complexity index is 168. The van der Waals surface area contributed by atoms with E-state index in [-0.39, 0.29) is 11.8 Å². The second-order valence-electron chi connectivity index (χ2n) is 2.74. The summed E-state index contributed by atoms with van der Waals surface area (Å²) in [6.07, 6.45) is 2.01. The number of carbonyl (C=O) groups excluding carboxylic acids is 2. The van der Waals surface area contributed by atoms with Gasteiger partial charge in [-0.1, -0.05) is 0 Å². The maximum atomic E-state index is 10.7. The van der Waals surface area contributed by atoms with Crippen molar-refractivity contribution >= 4 is 23.5 Å². The molecule has 0 aromatic carbocycles. The van der Waals surface area contributed by atoms with Crippen molar-refractivity contribution in [2.45, 2.75) is 26.2 Å². The molecule has 0 N–H and O–H groups in total. The van der Waals surface area contributed by atoms with Crippen LogP contribution in [0.15, 0.2) is 0 Å². The van der Waals surface area contributed by atoms with Crippen LogP contribution >= 0.6 is 11.8 Å². The summed E-state index contributed by atoms with van der Waals surface area (Å²) in [7, 11) is 1.39. The fraction of sp³-hybridized carbons (Fsp3) is 0.778. The summed E-state index contributed by atoms with van der Waals surface area (Å²) in [5.74, 6) is 1.79. The second-order valence-corrected chi connectivity index (χ2v) is 3.97. The van der Waals surface area contributed by atoms with Crippen molar-refractivity contribution in [3.05, 3.63) is 0 Å². The van der Waals surface area contributed by atoms with Gasteiger partial charge in [0.1, 0.15) is 5.78 Å². The third kappa shape index (κ3) is 9.40. The van der Waals surface area contributed by atoms with Crippen molar-refractivity contribution < 1.29 is 14.3 Å². The fourth-order valence-electron chi connectivity index (χ4n) is 0.783. The normalized spacial score (nSPS) is 9.69. The summed E-state index contributed by atoms with van der Waals surface area (Å²) in [6, 6.07) is 0. The number of ether oxygens (including phenoxy) is 1. The lowest BCUT2D eigenvalue weighted by molar-refractivity contribution is -0.140. The smallest absolute Gasteiger partial charge is 0.306 e. The van der Waals surface area contributed by atoms with Crippen LogP contribution in [0.2, 0.25) is 0 Å². The van der Waals surface area contributed by atoms with Crippen LogP contribution in [0.5, 0.6) is 0 Å². The molecule has 0 bridgehead atoms. The summed E-state index contributed by atoms with van der Waals surface area (Å²) in [5, 5.41) is 0. The van der Waals surface area contributed by atoms with Gasteiger partial charge in [-0.3, -0.25) is 4.79 Å². The van der Waals surface area contributed by atoms with E-state index in [0.29, 0.717) is 12.8 Å². The first kappa shape index (κ1) is 12.5. The highest BCUT2D eigenvalue weighted by Gasteiger charge is 1.99. The second kappa shape index (κ2) is 8.10. The molecule has 0 saturated heterocycles. The maximum absolute atomic E-state index is 10.7. The Kier molecular flexibility index (Phi) is 7.79. The number of Topliss-reactive ketones (excluding diaryl/α,β-unsaturated/α-hetero) is 1. The minimum absolute atomic E-state index is 0.168. The van der Waals surface area contributed by atoms with Crippen molar-refractivity contribution in [1.82, 2.24) is 0 Å². The topological polar surface area (TPSA) is 43.4 Å². The lowest BCUT2D eigenvalue weighted by atomic mass is 10.3. The first-order valence-electron chi connectivity index (χ1n) is 4.31. The van der Waals surface area contributed by atoms with Crippen LogP contribution < -0.4 is 0 Å². The van der Waals surface area contributed by atoms with E-state index < -0.39 is 0 Å². The number of hydrogen-bond acceptors (Lipinski definition) is 4. The highest BCUT2D eigenvalue weighted by atomic mass is 32.2. The predicted molar refractivity (Wildman–Crippen MR) is 53.9 cm³/mol. The van der Waals surface area contributed by atoms with E-state index in [2.05, 4.69) is 4.74 Å². The summed E-state index contributed by atoms with van der Waals surface area (Å²) in [6.45, 7) is 1.60. The van der Waals surface area contributed by atoms with Gasteiger partial charge in [0.15, 0.2) is 0 Å². The Labute approximate surface area is 83.2 Å². The van der Waals surface area contributed by atoms with E-state index in [9.17, 15) is 9.59 Å². The predicted octanol–water partition coefficient (Wildman–Crippen LogP) is 1.65. The van der Waals surface area contributed by atoms with E-state index in [1.54, 1.807) is 18.7 Å². The van der Waals surface area contributed by atoms with Crippen molar-refractivity contribution in [2.75, 3.05) is 18.6 Å². The van der Waals surface area contributed by atoms with Gasteiger partial charge >= 0.3 is 5.97 Å². The van der Waals surface area contributed by atoms with Crippen LogP contribution in [-0.4, -0.2) is 30.4 Å². The minimum atomic E-state index is -0.168. The summed E-state index contributed by atoms with van der Waals surface area (Å²) >= 11 is 1.69. The number of methoxy groups -OCH3 is 1. The first-order valence-corrected chi connectivity index (χ1v) is 5.46. The average molecular weight is 204 g/mol. The molecule has 4 heteroatoms. The molecule has 0 aliphatic carbocycles. The lowest BCUT2D eigenvalue weighted by Gasteiger charge is -1.99. The van der Waals surface area contributed by atoms with Crippen LogP contribution in [0.4, 0.5) is 0 Å². The molecule has 0 rings (SSSR count). The Morgan fingerprint density at radius 1 is 1.23 bits per heavy atom. The number of ketones is 1. The Morgan fingerprint density at radius 3 is 2.46 bits per heavy atom. The molecule has 0 aliphatic heterocycles. The van der Waals surface area contributed by atoms with E-state index in [1.807, 2.05) is 0 Å². The molecule has 0 saturated carbocycles. The molecule has 13 heavy (non-hydrogen) atoms. The Balaban J connectivity index is 3.08. The molecule has 0 fully saturated rings. The van der Waals surface area contributed by atoms with Gasteiger partial charge in [0, 0.05) is 12.2 Å². The lowest BCUT2D eigenvalue weighted by Crippen LogP contribution is -2.01. The van der Waals surface area contributed by atoms with Gasteiger partial charge in [-0.2, -0.15) is 11.8 Å². The van der Waals surface area contributed by atoms with Crippen molar-refractivity contribution in [1.29, 1.82) is 0 Å². The van der Waals surface area contributed by atoms with Crippen LogP contribution in [0.3, 0.4) is 0 Å². The molecule has 0 aliphatic rings.